The van der Waals surface area contributed by atoms with Gasteiger partial charge in [0.1, 0.15) is 23.6 Å². The van der Waals surface area contributed by atoms with Gasteiger partial charge in [-0.05, 0) is 41.8 Å². The molecular weight excluding hydrogens is 530 g/mol. The molecule has 4 aromatic rings. The van der Waals surface area contributed by atoms with Crippen LogP contribution in [0, 0.1) is 11.3 Å². The van der Waals surface area contributed by atoms with E-state index in [0.717, 1.165) is 33.5 Å². The Morgan fingerprint density at radius 2 is 1.98 bits per heavy atom. The maximum Gasteiger partial charge on any atom is 0.255 e. The number of benzene rings is 1. The van der Waals surface area contributed by atoms with Gasteiger partial charge in [-0.2, -0.15) is 5.26 Å². The van der Waals surface area contributed by atoms with Crippen molar-refractivity contribution in [1.82, 2.24) is 24.8 Å². The van der Waals surface area contributed by atoms with Crippen LogP contribution >= 0.6 is 11.6 Å². The minimum Gasteiger partial charge on any atom is -0.363 e. The SMILES string of the molecule is CN(C)c1cc(-c2ncc(C#N)cc2Cl)c2ccn(Cc3ccc4c(c3)CN(C3CCC(=O)NC3=O)C4=O)c2n1. The second-order valence-electron chi connectivity index (χ2n) is 10.2. The lowest BCUT2D eigenvalue weighted by molar-refractivity contribution is -0.136. The molecule has 2 aliphatic heterocycles. The van der Waals surface area contributed by atoms with E-state index < -0.39 is 11.9 Å². The summed E-state index contributed by atoms with van der Waals surface area (Å²) in [6.07, 6.45) is 4.00. The van der Waals surface area contributed by atoms with Crippen molar-refractivity contribution in [3.63, 3.8) is 0 Å². The summed E-state index contributed by atoms with van der Waals surface area (Å²) in [4.78, 5) is 49.8. The third-order valence-corrected chi connectivity index (χ3v) is 7.63. The van der Waals surface area contributed by atoms with E-state index in [0.29, 0.717) is 41.4 Å². The number of carbonyl (C=O) groups is 3. The number of nitriles is 1. The molecule has 0 saturated carbocycles. The number of aromatic nitrogens is 3. The average molecular weight is 554 g/mol. The van der Waals surface area contributed by atoms with Gasteiger partial charge < -0.3 is 14.4 Å². The zero-order valence-corrected chi connectivity index (χ0v) is 22.6. The van der Waals surface area contributed by atoms with Gasteiger partial charge in [0.15, 0.2) is 0 Å². The number of hydrogen-bond acceptors (Lipinski definition) is 7. The highest BCUT2D eigenvalue weighted by Gasteiger charge is 2.39. The van der Waals surface area contributed by atoms with E-state index in [1.54, 1.807) is 17.0 Å². The molecule has 200 valence electrons. The van der Waals surface area contributed by atoms with Gasteiger partial charge >= 0.3 is 0 Å². The van der Waals surface area contributed by atoms with Crippen LogP contribution in [-0.4, -0.2) is 57.3 Å². The zero-order valence-electron chi connectivity index (χ0n) is 21.8. The molecule has 1 fully saturated rings. The Balaban J connectivity index is 1.33. The molecule has 5 heterocycles. The van der Waals surface area contributed by atoms with Crippen LogP contribution in [0.4, 0.5) is 5.82 Å². The zero-order chi connectivity index (χ0) is 28.1. The first-order chi connectivity index (χ1) is 19.2. The van der Waals surface area contributed by atoms with Crippen LogP contribution in [0.5, 0.6) is 0 Å². The number of anilines is 1. The monoisotopic (exact) mass is 553 g/mol. The van der Waals surface area contributed by atoms with E-state index in [4.69, 9.17) is 16.6 Å². The van der Waals surface area contributed by atoms with Crippen molar-refractivity contribution in [2.75, 3.05) is 19.0 Å². The number of rotatable bonds is 5. The van der Waals surface area contributed by atoms with Crippen LogP contribution in [0.1, 0.15) is 39.9 Å². The van der Waals surface area contributed by atoms with Gasteiger partial charge in [-0.15, -0.1) is 0 Å². The van der Waals surface area contributed by atoms with Gasteiger partial charge in [-0.1, -0.05) is 23.7 Å². The number of pyridine rings is 2. The van der Waals surface area contributed by atoms with Crippen LogP contribution in [0.2, 0.25) is 5.02 Å². The van der Waals surface area contributed by atoms with E-state index in [9.17, 15) is 19.6 Å². The average Bonchev–Trinajstić information content (AvgIpc) is 3.48. The second-order valence-corrected chi connectivity index (χ2v) is 10.6. The Bertz CT molecular complexity index is 1770. The minimum absolute atomic E-state index is 0.198. The number of hydrogen-bond donors (Lipinski definition) is 1. The number of carbonyl (C=O) groups excluding carboxylic acids is 3. The molecule has 11 heteroatoms. The molecule has 10 nitrogen and oxygen atoms in total. The molecule has 0 aliphatic carbocycles. The largest absolute Gasteiger partial charge is 0.363 e. The molecule has 1 unspecified atom stereocenters. The first-order valence-electron chi connectivity index (χ1n) is 12.7. The maximum atomic E-state index is 13.1. The molecule has 40 heavy (non-hydrogen) atoms. The van der Waals surface area contributed by atoms with E-state index in [1.807, 2.05) is 54.0 Å². The predicted octanol–water partition coefficient (Wildman–Crippen LogP) is 3.50. The number of amides is 3. The summed E-state index contributed by atoms with van der Waals surface area (Å²) in [5, 5.41) is 12.8. The Hall–Kier alpha value is -4.75. The van der Waals surface area contributed by atoms with Gasteiger partial charge in [-0.3, -0.25) is 24.7 Å². The minimum atomic E-state index is -0.649. The van der Waals surface area contributed by atoms with Crippen molar-refractivity contribution < 1.29 is 14.4 Å². The molecule has 1 aromatic carbocycles. The fourth-order valence-electron chi connectivity index (χ4n) is 5.32. The maximum absolute atomic E-state index is 13.1. The second kappa shape index (κ2) is 9.77. The Morgan fingerprint density at radius 1 is 1.15 bits per heavy atom. The van der Waals surface area contributed by atoms with Crippen LogP contribution < -0.4 is 10.2 Å². The van der Waals surface area contributed by atoms with Gasteiger partial charge in [0.25, 0.3) is 5.91 Å². The lowest BCUT2D eigenvalue weighted by atomic mass is 10.0. The van der Waals surface area contributed by atoms with Crippen molar-refractivity contribution in [3.8, 4) is 17.3 Å². The van der Waals surface area contributed by atoms with Gasteiger partial charge in [-0.25, -0.2) is 4.98 Å². The van der Waals surface area contributed by atoms with E-state index in [-0.39, 0.29) is 18.2 Å². The quantitative estimate of drug-likeness (QED) is 0.375. The van der Waals surface area contributed by atoms with Crippen molar-refractivity contribution in [3.05, 3.63) is 76.1 Å². The van der Waals surface area contributed by atoms with Crippen LogP contribution in [0.3, 0.4) is 0 Å². The Kier molecular flexibility index (Phi) is 6.24. The smallest absolute Gasteiger partial charge is 0.255 e. The topological polar surface area (TPSA) is 124 Å². The molecule has 0 spiro atoms. The number of fused-ring (bicyclic) bond motifs is 2. The predicted molar refractivity (Wildman–Crippen MR) is 149 cm³/mol. The number of halogens is 1. The Morgan fingerprint density at radius 3 is 2.70 bits per heavy atom. The highest BCUT2D eigenvalue weighted by atomic mass is 35.5. The van der Waals surface area contributed by atoms with Crippen molar-refractivity contribution in [2.24, 2.45) is 0 Å². The van der Waals surface area contributed by atoms with Crippen molar-refractivity contribution in [1.29, 1.82) is 5.26 Å². The summed E-state index contributed by atoms with van der Waals surface area (Å²) in [6.45, 7) is 0.817. The third kappa shape index (κ3) is 4.34. The van der Waals surface area contributed by atoms with Crippen LogP contribution in [0.25, 0.3) is 22.3 Å². The van der Waals surface area contributed by atoms with E-state index in [2.05, 4.69) is 16.4 Å². The standard InChI is InChI=1S/C29H24ClN7O3/c1-35(2)24-11-21(26-22(30)10-17(12-31)13-32-26)20-7-8-36(27(20)33-24)14-16-3-4-19-18(9-16)15-37(29(19)40)23-5-6-25(38)34-28(23)39/h3-4,7-11,13,23H,5-6,14-15H2,1-2H3,(H,34,38,39). The normalized spacial score (nSPS) is 16.7. The molecule has 1 saturated heterocycles. The number of piperidine rings is 1. The Labute approximate surface area is 234 Å². The molecule has 1 atom stereocenters. The molecule has 0 radical (unpaired) electrons. The van der Waals surface area contributed by atoms with Crippen molar-refractivity contribution in [2.45, 2.75) is 32.0 Å². The summed E-state index contributed by atoms with van der Waals surface area (Å²) in [5.74, 6) is -0.203. The van der Waals surface area contributed by atoms with Crippen LogP contribution in [-0.2, 0) is 22.7 Å². The summed E-state index contributed by atoms with van der Waals surface area (Å²) in [7, 11) is 3.82. The summed E-state index contributed by atoms with van der Waals surface area (Å²) < 4.78 is 2.03. The highest BCUT2D eigenvalue weighted by Crippen LogP contribution is 2.35. The van der Waals surface area contributed by atoms with Gasteiger partial charge in [0.05, 0.1) is 16.3 Å². The first kappa shape index (κ1) is 25.5. The molecule has 3 amide bonds. The molecular formula is C29H24ClN7O3. The van der Waals surface area contributed by atoms with Crippen LogP contribution in [0.15, 0.2) is 48.8 Å². The molecule has 1 N–H and O–H groups in total. The number of imide groups is 1. The number of nitrogens with one attached hydrogen (secondary N) is 1. The first-order valence-corrected chi connectivity index (χ1v) is 13.1. The molecule has 0 bridgehead atoms. The molecule has 6 rings (SSSR count). The van der Waals surface area contributed by atoms with E-state index >= 15 is 0 Å². The summed E-state index contributed by atoms with van der Waals surface area (Å²) in [5.41, 5.74) is 4.89. The van der Waals surface area contributed by atoms with Gasteiger partial charge in [0.2, 0.25) is 11.8 Å². The molecule has 3 aromatic heterocycles. The highest BCUT2D eigenvalue weighted by molar-refractivity contribution is 6.33. The lowest BCUT2D eigenvalue weighted by Crippen LogP contribution is -2.52. The number of nitrogens with zero attached hydrogens (tertiary/aromatic N) is 6. The fraction of sp³-hybridized carbons (Fsp3) is 0.241. The van der Waals surface area contributed by atoms with Crippen molar-refractivity contribution >= 4 is 46.2 Å². The lowest BCUT2D eigenvalue weighted by Gasteiger charge is -2.29. The summed E-state index contributed by atoms with van der Waals surface area (Å²) >= 11 is 6.53. The summed E-state index contributed by atoms with van der Waals surface area (Å²) in [6, 6.07) is 12.6. The molecule has 2 aliphatic rings. The van der Waals surface area contributed by atoms with Gasteiger partial charge in [0, 0.05) is 62.5 Å². The fourth-order valence-corrected chi connectivity index (χ4v) is 5.59. The van der Waals surface area contributed by atoms with E-state index in [1.165, 1.54) is 6.20 Å². The third-order valence-electron chi connectivity index (χ3n) is 7.34.